The molecule has 2 amide bonds. The van der Waals surface area contributed by atoms with Crippen molar-refractivity contribution < 1.29 is 18.4 Å². The first-order chi connectivity index (χ1) is 11.5. The van der Waals surface area contributed by atoms with Gasteiger partial charge in [0.25, 0.3) is 0 Å². The largest absolute Gasteiger partial charge is 0.333 e. The first kappa shape index (κ1) is 17.6. The number of rotatable bonds is 6. The molecule has 0 spiro atoms. The molecular formula is C18H18F2N2O2. The average Bonchev–Trinajstić information content (AvgIpc) is 2.54. The lowest BCUT2D eigenvalue weighted by atomic mass is 10.1. The lowest BCUT2D eigenvalue weighted by Gasteiger charge is -2.20. The van der Waals surface area contributed by atoms with Gasteiger partial charge in [-0.3, -0.25) is 9.59 Å². The molecule has 4 nitrogen and oxygen atoms in total. The summed E-state index contributed by atoms with van der Waals surface area (Å²) in [6.07, 6.45) is 0.291. The molecule has 0 unspecified atom stereocenters. The van der Waals surface area contributed by atoms with Gasteiger partial charge in [-0.1, -0.05) is 30.3 Å². The van der Waals surface area contributed by atoms with Gasteiger partial charge in [0, 0.05) is 13.5 Å². The number of nitrogens with zero attached hydrogens (tertiary/aromatic N) is 1. The van der Waals surface area contributed by atoms with Crippen LogP contribution in [0.1, 0.15) is 12.5 Å². The third-order valence-corrected chi connectivity index (χ3v) is 3.54. The van der Waals surface area contributed by atoms with E-state index < -0.39 is 11.7 Å². The van der Waals surface area contributed by atoms with E-state index in [-0.39, 0.29) is 30.5 Å². The highest BCUT2D eigenvalue weighted by atomic mass is 19.1. The SMILES string of the molecule is CC(=O)N(CCc1ccccc1F)CC(=O)Nc1ccccc1F. The predicted molar refractivity (Wildman–Crippen MR) is 87.4 cm³/mol. The van der Waals surface area contributed by atoms with Gasteiger partial charge >= 0.3 is 0 Å². The van der Waals surface area contributed by atoms with Crippen LogP contribution in [-0.2, 0) is 16.0 Å². The van der Waals surface area contributed by atoms with E-state index in [4.69, 9.17) is 0 Å². The van der Waals surface area contributed by atoms with Gasteiger partial charge in [-0.15, -0.1) is 0 Å². The molecular weight excluding hydrogens is 314 g/mol. The standard InChI is InChI=1S/C18H18F2N2O2/c1-13(23)22(11-10-14-6-2-3-7-15(14)19)12-18(24)21-17-9-5-4-8-16(17)20/h2-9H,10-12H2,1H3,(H,21,24). The summed E-state index contributed by atoms with van der Waals surface area (Å²) in [5.74, 6) is -1.72. The lowest BCUT2D eigenvalue weighted by Crippen LogP contribution is -2.38. The van der Waals surface area contributed by atoms with E-state index in [1.165, 1.54) is 36.1 Å². The molecule has 0 aliphatic heterocycles. The number of hydrogen-bond donors (Lipinski definition) is 1. The summed E-state index contributed by atoms with van der Waals surface area (Å²) in [6.45, 7) is 1.30. The highest BCUT2D eigenvalue weighted by Gasteiger charge is 2.15. The summed E-state index contributed by atoms with van der Waals surface area (Å²) in [5, 5.41) is 2.42. The third-order valence-electron chi connectivity index (χ3n) is 3.54. The van der Waals surface area contributed by atoms with Gasteiger partial charge in [-0.25, -0.2) is 8.78 Å². The van der Waals surface area contributed by atoms with E-state index in [1.54, 1.807) is 24.3 Å². The normalized spacial score (nSPS) is 10.3. The van der Waals surface area contributed by atoms with E-state index in [1.807, 2.05) is 0 Å². The van der Waals surface area contributed by atoms with Crippen LogP contribution in [-0.4, -0.2) is 29.8 Å². The van der Waals surface area contributed by atoms with Crippen LogP contribution in [0.4, 0.5) is 14.5 Å². The Labute approximate surface area is 139 Å². The molecule has 0 heterocycles. The fourth-order valence-electron chi connectivity index (χ4n) is 2.23. The zero-order valence-corrected chi connectivity index (χ0v) is 13.3. The van der Waals surface area contributed by atoms with Crippen molar-refractivity contribution in [1.82, 2.24) is 4.90 Å². The lowest BCUT2D eigenvalue weighted by molar-refractivity contribution is -0.132. The molecule has 6 heteroatoms. The van der Waals surface area contributed by atoms with Crippen molar-refractivity contribution in [2.75, 3.05) is 18.4 Å². The Hall–Kier alpha value is -2.76. The highest BCUT2D eigenvalue weighted by Crippen LogP contribution is 2.12. The van der Waals surface area contributed by atoms with Gasteiger partial charge in [0.05, 0.1) is 12.2 Å². The minimum Gasteiger partial charge on any atom is -0.333 e. The number of anilines is 1. The van der Waals surface area contributed by atoms with E-state index >= 15 is 0 Å². The number of nitrogens with one attached hydrogen (secondary N) is 1. The molecule has 1 N–H and O–H groups in total. The average molecular weight is 332 g/mol. The number of hydrogen-bond acceptors (Lipinski definition) is 2. The molecule has 0 aliphatic carbocycles. The maximum absolute atomic E-state index is 13.6. The van der Waals surface area contributed by atoms with Crippen molar-refractivity contribution in [3.8, 4) is 0 Å². The smallest absolute Gasteiger partial charge is 0.244 e. The van der Waals surface area contributed by atoms with Crippen molar-refractivity contribution in [1.29, 1.82) is 0 Å². The molecule has 0 radical (unpaired) electrons. The van der Waals surface area contributed by atoms with E-state index in [9.17, 15) is 18.4 Å². The number of para-hydroxylation sites is 1. The van der Waals surface area contributed by atoms with Crippen molar-refractivity contribution in [2.24, 2.45) is 0 Å². The maximum atomic E-state index is 13.6. The van der Waals surface area contributed by atoms with E-state index in [0.717, 1.165) is 0 Å². The third kappa shape index (κ3) is 4.87. The number of halogens is 2. The van der Waals surface area contributed by atoms with Crippen LogP contribution < -0.4 is 5.32 Å². The second-order valence-corrected chi connectivity index (χ2v) is 5.31. The number of benzene rings is 2. The molecule has 24 heavy (non-hydrogen) atoms. The van der Waals surface area contributed by atoms with Crippen LogP contribution in [0.3, 0.4) is 0 Å². The Balaban J connectivity index is 1.96. The quantitative estimate of drug-likeness (QED) is 0.884. The molecule has 0 bridgehead atoms. The molecule has 2 aromatic carbocycles. The summed E-state index contributed by atoms with van der Waals surface area (Å²) < 4.78 is 27.1. The van der Waals surface area contributed by atoms with Crippen LogP contribution in [0.2, 0.25) is 0 Å². The van der Waals surface area contributed by atoms with E-state index in [0.29, 0.717) is 12.0 Å². The monoisotopic (exact) mass is 332 g/mol. The Morgan fingerprint density at radius 1 is 1.00 bits per heavy atom. The summed E-state index contributed by atoms with van der Waals surface area (Å²) in [6, 6.07) is 12.1. The zero-order valence-electron chi connectivity index (χ0n) is 13.3. The van der Waals surface area contributed by atoms with Crippen molar-refractivity contribution >= 4 is 17.5 Å². The van der Waals surface area contributed by atoms with Gasteiger partial charge in [-0.05, 0) is 30.2 Å². The Morgan fingerprint density at radius 2 is 1.62 bits per heavy atom. The molecule has 0 atom stereocenters. The zero-order chi connectivity index (χ0) is 17.5. The minimum absolute atomic E-state index is 0.0557. The summed E-state index contributed by atoms with van der Waals surface area (Å²) in [4.78, 5) is 25.0. The molecule has 2 rings (SSSR count). The van der Waals surface area contributed by atoms with Crippen LogP contribution in [0.15, 0.2) is 48.5 Å². The second-order valence-electron chi connectivity index (χ2n) is 5.31. The topological polar surface area (TPSA) is 49.4 Å². The Morgan fingerprint density at radius 3 is 2.25 bits per heavy atom. The van der Waals surface area contributed by atoms with Crippen LogP contribution in [0, 0.1) is 11.6 Å². The first-order valence-electron chi connectivity index (χ1n) is 7.50. The van der Waals surface area contributed by atoms with Gasteiger partial charge < -0.3 is 10.2 Å². The van der Waals surface area contributed by atoms with Crippen molar-refractivity contribution in [3.05, 3.63) is 65.7 Å². The van der Waals surface area contributed by atoms with Gasteiger partial charge in [0.2, 0.25) is 11.8 Å². The van der Waals surface area contributed by atoms with Crippen LogP contribution >= 0.6 is 0 Å². The summed E-state index contributed by atoms with van der Waals surface area (Å²) in [5.41, 5.74) is 0.526. The summed E-state index contributed by atoms with van der Waals surface area (Å²) >= 11 is 0. The fourth-order valence-corrected chi connectivity index (χ4v) is 2.23. The summed E-state index contributed by atoms with van der Waals surface area (Å²) in [7, 11) is 0. The van der Waals surface area contributed by atoms with Crippen molar-refractivity contribution in [2.45, 2.75) is 13.3 Å². The molecule has 126 valence electrons. The number of carbonyl (C=O) groups is 2. The van der Waals surface area contributed by atoms with Crippen LogP contribution in [0.25, 0.3) is 0 Å². The molecule has 2 aromatic rings. The maximum Gasteiger partial charge on any atom is 0.244 e. The molecule has 0 aliphatic rings. The minimum atomic E-state index is -0.549. The van der Waals surface area contributed by atoms with Gasteiger partial charge in [0.1, 0.15) is 11.6 Å². The van der Waals surface area contributed by atoms with Gasteiger partial charge in [0.15, 0.2) is 0 Å². The molecule has 0 saturated heterocycles. The number of carbonyl (C=O) groups excluding carboxylic acids is 2. The second kappa shape index (κ2) is 8.19. The molecule has 0 aromatic heterocycles. The first-order valence-corrected chi connectivity index (χ1v) is 7.50. The Kier molecular flexibility index (Phi) is 6.01. The Bertz CT molecular complexity index is 734. The fraction of sp³-hybridized carbons (Fsp3) is 0.222. The predicted octanol–water partition coefficient (Wildman–Crippen LogP) is 2.99. The van der Waals surface area contributed by atoms with E-state index in [2.05, 4.69) is 5.32 Å². The number of amides is 2. The molecule has 0 fully saturated rings. The van der Waals surface area contributed by atoms with Crippen LogP contribution in [0.5, 0.6) is 0 Å². The van der Waals surface area contributed by atoms with Gasteiger partial charge in [-0.2, -0.15) is 0 Å². The highest BCUT2D eigenvalue weighted by molar-refractivity contribution is 5.94. The van der Waals surface area contributed by atoms with Crippen molar-refractivity contribution in [3.63, 3.8) is 0 Å². The molecule has 0 saturated carbocycles.